The van der Waals surface area contributed by atoms with E-state index in [1.807, 2.05) is 0 Å². The van der Waals surface area contributed by atoms with E-state index in [1.54, 1.807) is 0 Å². The molecule has 0 saturated carbocycles. The highest BCUT2D eigenvalue weighted by Crippen LogP contribution is 2.33. The van der Waals surface area contributed by atoms with Crippen LogP contribution in [0.3, 0.4) is 0 Å². The Morgan fingerprint density at radius 2 is 0.676 bits per heavy atom. The lowest BCUT2D eigenvalue weighted by molar-refractivity contribution is -0.379. The number of aliphatic hydroxyl groups excluding tert-OH is 11. The van der Waals surface area contributed by atoms with E-state index in [1.165, 1.54) is 128 Å². The Labute approximate surface area is 614 Å². The van der Waals surface area contributed by atoms with E-state index < -0.39 is 124 Å². The standard InChI is InChI=1S/C83H141NO18/c1-3-5-7-9-11-13-15-17-19-21-23-25-27-29-30-31-32-33-34-35-36-37-39-41-43-45-47-49-51-53-55-57-59-61-71(89)84-66(67(88)60-58-56-54-52-50-48-46-44-42-40-38-28-26-24-22-20-18-16-14-12-10-8-6-4-2)65-97-81-77(95)74(92)79(69(63-86)99-81)102-83-78(96)75(93)80(70(64-87)100-83)101-82-76(94)73(91)72(90)68(62-85)98-82/h5,7,11,13,17,19,23,25,29-30,32-33,35-36,39,41,45,47,51,53,66-70,72-83,85-88,90-96H,3-4,6,8-10,12,14-16,18,20-22,24,26-28,31,34,37-38,40,42-44,46,48-50,52,54-65H2,1-2H3,(H,84,89)/b7-5-,13-11-,19-17-,25-23-,30-29-,33-32-,36-35-,41-39-,47-45-,53-51-. The highest BCUT2D eigenvalue weighted by atomic mass is 16.8. The molecule has 102 heavy (non-hydrogen) atoms. The van der Waals surface area contributed by atoms with E-state index in [-0.39, 0.29) is 18.9 Å². The van der Waals surface area contributed by atoms with E-state index in [9.17, 15) is 61.0 Å². The lowest BCUT2D eigenvalue weighted by Gasteiger charge is -2.48. The molecule has 3 saturated heterocycles. The maximum atomic E-state index is 13.5. The number of unbranched alkanes of at least 4 members (excludes halogenated alkanes) is 25. The Morgan fingerprint density at radius 3 is 1.04 bits per heavy atom. The van der Waals surface area contributed by atoms with Gasteiger partial charge in [-0.1, -0.05) is 289 Å². The third kappa shape index (κ3) is 41.9. The van der Waals surface area contributed by atoms with Crippen molar-refractivity contribution in [3.8, 4) is 0 Å². The molecule has 1 amide bonds. The van der Waals surface area contributed by atoms with Crippen molar-refractivity contribution in [1.82, 2.24) is 5.32 Å². The van der Waals surface area contributed by atoms with Gasteiger partial charge in [0.2, 0.25) is 5.91 Å². The second-order valence-corrected chi connectivity index (χ2v) is 27.8. The molecule has 3 rings (SSSR count). The Hall–Kier alpha value is -3.81. The van der Waals surface area contributed by atoms with E-state index in [0.29, 0.717) is 19.3 Å². The second kappa shape index (κ2) is 62.3. The largest absolute Gasteiger partial charge is 0.394 e. The van der Waals surface area contributed by atoms with Gasteiger partial charge in [0.15, 0.2) is 18.9 Å². The van der Waals surface area contributed by atoms with Crippen molar-refractivity contribution in [2.24, 2.45) is 0 Å². The fraction of sp³-hybridized carbons (Fsp3) is 0.747. The Morgan fingerprint density at radius 1 is 0.363 bits per heavy atom. The van der Waals surface area contributed by atoms with Crippen LogP contribution in [-0.2, 0) is 33.2 Å². The van der Waals surface area contributed by atoms with Gasteiger partial charge in [0.05, 0.1) is 38.6 Å². The Balaban J connectivity index is 1.40. The molecular formula is C83H141NO18. The molecule has 0 aliphatic carbocycles. The fourth-order valence-electron chi connectivity index (χ4n) is 12.7. The van der Waals surface area contributed by atoms with E-state index in [2.05, 4.69) is 141 Å². The smallest absolute Gasteiger partial charge is 0.220 e. The summed E-state index contributed by atoms with van der Waals surface area (Å²) in [5, 5.41) is 121. The molecule has 3 aliphatic heterocycles. The zero-order valence-electron chi connectivity index (χ0n) is 62.5. The van der Waals surface area contributed by atoms with Crippen molar-refractivity contribution in [1.29, 1.82) is 0 Å². The number of carbonyl (C=O) groups excluding carboxylic acids is 1. The van der Waals surface area contributed by atoms with Crippen LogP contribution in [0, 0.1) is 0 Å². The first kappa shape index (κ1) is 92.4. The molecule has 0 spiro atoms. The highest BCUT2D eigenvalue weighted by Gasteiger charge is 2.54. The second-order valence-electron chi connectivity index (χ2n) is 27.8. The zero-order chi connectivity index (χ0) is 73.9. The van der Waals surface area contributed by atoms with Crippen LogP contribution in [0.1, 0.15) is 264 Å². The number of amides is 1. The SMILES string of the molecule is CC/C=C\C/C=C\C/C=C\C/C=C\C/C=C\C/C=C\C/C=C\C/C=C\C/C=C\C/C=C\CCCCC(=O)NC(COC1OC(CO)C(OC2OC(CO)C(OC3OC(CO)C(O)C(O)C3O)C(O)C2O)C(O)C1O)C(O)CCCCCCCCCCCCCCCCCCCCCCCCCC. The van der Waals surface area contributed by atoms with Crippen molar-refractivity contribution in [2.45, 2.75) is 369 Å². The Kier molecular flexibility index (Phi) is 56.4. The zero-order valence-corrected chi connectivity index (χ0v) is 62.5. The summed E-state index contributed by atoms with van der Waals surface area (Å²) in [5.41, 5.74) is 0. The van der Waals surface area contributed by atoms with Crippen molar-refractivity contribution in [3.63, 3.8) is 0 Å². The lowest BCUT2D eigenvalue weighted by atomic mass is 9.96. The summed E-state index contributed by atoms with van der Waals surface area (Å²) in [6.07, 6.45) is 59.9. The first-order chi connectivity index (χ1) is 49.8. The highest BCUT2D eigenvalue weighted by molar-refractivity contribution is 5.76. The number of rotatable bonds is 61. The van der Waals surface area contributed by atoms with Gasteiger partial charge in [0, 0.05) is 6.42 Å². The topological polar surface area (TPSA) is 307 Å². The monoisotopic (exact) mass is 1440 g/mol. The van der Waals surface area contributed by atoms with Gasteiger partial charge in [-0.25, -0.2) is 0 Å². The molecule has 0 aromatic rings. The number of aliphatic hydroxyl groups is 11. The Bertz CT molecular complexity index is 2320. The molecule has 0 bridgehead atoms. The molecule has 0 aromatic heterocycles. The molecule has 3 fully saturated rings. The van der Waals surface area contributed by atoms with Crippen LogP contribution in [0.5, 0.6) is 0 Å². The normalized spacial score (nSPS) is 26.9. The molecule has 17 atom stereocenters. The predicted octanol–water partition coefficient (Wildman–Crippen LogP) is 13.1. The summed E-state index contributed by atoms with van der Waals surface area (Å²) in [5.74, 6) is -0.287. The van der Waals surface area contributed by atoms with Crippen molar-refractivity contribution < 1.29 is 89.4 Å². The van der Waals surface area contributed by atoms with E-state index in [4.69, 9.17) is 28.4 Å². The van der Waals surface area contributed by atoms with Crippen LogP contribution in [0.25, 0.3) is 0 Å². The molecule has 19 nitrogen and oxygen atoms in total. The van der Waals surface area contributed by atoms with Gasteiger partial charge >= 0.3 is 0 Å². The average Bonchev–Trinajstić information content (AvgIpc) is 0.781. The molecule has 3 heterocycles. The van der Waals surface area contributed by atoms with Crippen molar-refractivity contribution in [2.75, 3.05) is 26.4 Å². The number of ether oxygens (including phenoxy) is 6. The molecule has 0 aromatic carbocycles. The van der Waals surface area contributed by atoms with Gasteiger partial charge in [-0.2, -0.15) is 0 Å². The summed E-state index contributed by atoms with van der Waals surface area (Å²) >= 11 is 0. The van der Waals surface area contributed by atoms with Crippen LogP contribution >= 0.6 is 0 Å². The predicted molar refractivity (Wildman–Crippen MR) is 406 cm³/mol. The van der Waals surface area contributed by atoms with E-state index in [0.717, 1.165) is 96.3 Å². The third-order valence-electron chi connectivity index (χ3n) is 19.1. The molecule has 3 aliphatic rings. The molecule has 19 heteroatoms. The summed E-state index contributed by atoms with van der Waals surface area (Å²) < 4.78 is 34.5. The van der Waals surface area contributed by atoms with Gasteiger partial charge in [0.25, 0.3) is 0 Å². The van der Waals surface area contributed by atoms with Gasteiger partial charge in [-0.05, 0) is 89.9 Å². The number of nitrogens with one attached hydrogen (secondary N) is 1. The summed E-state index contributed by atoms with van der Waals surface area (Å²) in [4.78, 5) is 13.5. The number of hydrogen-bond acceptors (Lipinski definition) is 18. The minimum Gasteiger partial charge on any atom is -0.394 e. The van der Waals surface area contributed by atoms with Crippen molar-refractivity contribution >= 4 is 5.91 Å². The van der Waals surface area contributed by atoms with Gasteiger partial charge < -0.3 is 89.9 Å². The summed E-state index contributed by atoms with van der Waals surface area (Å²) in [7, 11) is 0. The maximum Gasteiger partial charge on any atom is 0.220 e. The first-order valence-electron chi connectivity index (χ1n) is 39.8. The van der Waals surface area contributed by atoms with Crippen LogP contribution in [-0.4, -0.2) is 193 Å². The van der Waals surface area contributed by atoms with Gasteiger partial charge in [-0.3, -0.25) is 4.79 Å². The molecule has 586 valence electrons. The molecule has 17 unspecified atom stereocenters. The minimum absolute atomic E-state index is 0.203. The third-order valence-corrected chi connectivity index (χ3v) is 19.1. The van der Waals surface area contributed by atoms with Crippen LogP contribution < -0.4 is 5.32 Å². The molecule has 12 N–H and O–H groups in total. The van der Waals surface area contributed by atoms with Crippen molar-refractivity contribution in [3.05, 3.63) is 122 Å². The summed E-state index contributed by atoms with van der Waals surface area (Å²) in [6.45, 7) is 1.67. The van der Waals surface area contributed by atoms with Crippen LogP contribution in [0.2, 0.25) is 0 Å². The number of carbonyl (C=O) groups is 1. The quantitative estimate of drug-likeness (QED) is 0.0199. The lowest BCUT2D eigenvalue weighted by Crippen LogP contribution is -2.66. The van der Waals surface area contributed by atoms with Crippen LogP contribution in [0.4, 0.5) is 0 Å². The first-order valence-corrected chi connectivity index (χ1v) is 39.8. The maximum absolute atomic E-state index is 13.5. The van der Waals surface area contributed by atoms with Gasteiger partial charge in [0.1, 0.15) is 73.2 Å². The van der Waals surface area contributed by atoms with Crippen LogP contribution in [0.15, 0.2) is 122 Å². The van der Waals surface area contributed by atoms with E-state index >= 15 is 0 Å². The number of allylic oxidation sites excluding steroid dienone is 20. The summed E-state index contributed by atoms with van der Waals surface area (Å²) in [6, 6.07) is -0.922. The van der Waals surface area contributed by atoms with Gasteiger partial charge in [-0.15, -0.1) is 0 Å². The molecular weight excluding hydrogens is 1300 g/mol. The minimum atomic E-state index is -1.98. The number of hydrogen-bond donors (Lipinski definition) is 12. The average molecular weight is 1440 g/mol. The fourth-order valence-corrected chi connectivity index (χ4v) is 12.7. The molecule has 0 radical (unpaired) electrons.